The van der Waals surface area contributed by atoms with Gasteiger partial charge in [-0.25, -0.2) is 13.1 Å². The number of hydrogen-bond donors (Lipinski definition) is 2. The minimum Gasteiger partial charge on any atom is -0.352 e. The van der Waals surface area contributed by atoms with E-state index in [4.69, 9.17) is 0 Å². The van der Waals surface area contributed by atoms with Crippen molar-refractivity contribution in [2.75, 3.05) is 6.54 Å². The average Bonchev–Trinajstić information content (AvgIpc) is 2.60. The molecule has 26 heavy (non-hydrogen) atoms. The summed E-state index contributed by atoms with van der Waals surface area (Å²) in [5.41, 5.74) is 0.966. The fourth-order valence-corrected chi connectivity index (χ4v) is 3.66. The van der Waals surface area contributed by atoms with Gasteiger partial charge in [-0.1, -0.05) is 18.2 Å². The summed E-state index contributed by atoms with van der Waals surface area (Å²) in [6.45, 7) is 3.73. The molecule has 1 amide bonds. The van der Waals surface area contributed by atoms with E-state index in [1.807, 2.05) is 6.92 Å². The Bertz CT molecular complexity index is 924. The first-order valence-electron chi connectivity index (χ1n) is 7.87. The van der Waals surface area contributed by atoms with Crippen molar-refractivity contribution < 1.29 is 18.1 Å². The summed E-state index contributed by atoms with van der Waals surface area (Å²) in [6.07, 6.45) is 0. The van der Waals surface area contributed by atoms with E-state index < -0.39 is 14.9 Å². The molecule has 2 aromatic rings. The number of sulfonamides is 1. The molecule has 0 aromatic heterocycles. The second kappa shape index (κ2) is 8.07. The smallest absolute Gasteiger partial charge is 0.273 e. The predicted molar refractivity (Wildman–Crippen MR) is 96.3 cm³/mol. The van der Waals surface area contributed by atoms with Crippen LogP contribution in [0.3, 0.4) is 0 Å². The maximum Gasteiger partial charge on any atom is 0.273 e. The number of carbonyl (C=O) groups is 1. The number of nitro groups is 1. The number of benzene rings is 2. The van der Waals surface area contributed by atoms with Crippen LogP contribution in [-0.4, -0.2) is 25.8 Å². The molecule has 0 aliphatic rings. The summed E-state index contributed by atoms with van der Waals surface area (Å²) >= 11 is 0. The summed E-state index contributed by atoms with van der Waals surface area (Å²) in [4.78, 5) is 21.9. The van der Waals surface area contributed by atoms with Crippen LogP contribution >= 0.6 is 0 Å². The van der Waals surface area contributed by atoms with Gasteiger partial charge in [0.2, 0.25) is 10.0 Å². The Labute approximate surface area is 151 Å². The minimum atomic E-state index is -3.91. The first-order valence-corrected chi connectivity index (χ1v) is 9.35. The summed E-state index contributed by atoms with van der Waals surface area (Å²) < 4.78 is 27.3. The zero-order valence-corrected chi connectivity index (χ0v) is 15.2. The molecule has 0 heterocycles. The molecule has 2 aromatic carbocycles. The molecule has 0 saturated carbocycles. The van der Waals surface area contributed by atoms with Gasteiger partial charge in [0.05, 0.1) is 9.82 Å². The van der Waals surface area contributed by atoms with Crippen molar-refractivity contribution in [1.29, 1.82) is 0 Å². The molecule has 0 aliphatic heterocycles. The van der Waals surface area contributed by atoms with Crippen molar-refractivity contribution >= 4 is 21.6 Å². The highest BCUT2D eigenvalue weighted by molar-refractivity contribution is 7.89. The number of rotatable bonds is 7. The van der Waals surface area contributed by atoms with E-state index in [0.717, 1.165) is 0 Å². The standard InChI is InChI=1S/C17H19N3O5S/c1-3-18-17(21)14-9-7-13(8-10-14)11-19-26(24,25)16-6-4-5-15(12(16)2)20(22)23/h4-10,19H,3,11H2,1-2H3,(H,18,21). The molecule has 0 fully saturated rings. The highest BCUT2D eigenvalue weighted by atomic mass is 32.2. The molecule has 0 spiro atoms. The highest BCUT2D eigenvalue weighted by Crippen LogP contribution is 2.24. The molecule has 0 aliphatic carbocycles. The van der Waals surface area contributed by atoms with E-state index in [2.05, 4.69) is 10.0 Å². The summed E-state index contributed by atoms with van der Waals surface area (Å²) in [7, 11) is -3.91. The van der Waals surface area contributed by atoms with E-state index in [1.54, 1.807) is 24.3 Å². The number of carbonyl (C=O) groups excluding carboxylic acids is 1. The molecule has 0 radical (unpaired) electrons. The number of amides is 1. The van der Waals surface area contributed by atoms with Crippen molar-refractivity contribution in [3.63, 3.8) is 0 Å². The van der Waals surface area contributed by atoms with Gasteiger partial charge < -0.3 is 5.32 Å². The molecular formula is C17H19N3O5S. The molecule has 0 bridgehead atoms. The van der Waals surface area contributed by atoms with Crippen LogP contribution in [0, 0.1) is 17.0 Å². The Morgan fingerprint density at radius 2 is 1.81 bits per heavy atom. The maximum absolute atomic E-state index is 12.5. The van der Waals surface area contributed by atoms with Gasteiger partial charge in [-0.05, 0) is 37.6 Å². The van der Waals surface area contributed by atoms with Crippen LogP contribution in [0.2, 0.25) is 0 Å². The van der Waals surface area contributed by atoms with Gasteiger partial charge in [-0.3, -0.25) is 14.9 Å². The van der Waals surface area contributed by atoms with Gasteiger partial charge >= 0.3 is 0 Å². The Morgan fingerprint density at radius 3 is 2.38 bits per heavy atom. The maximum atomic E-state index is 12.5. The number of nitrogens with zero attached hydrogens (tertiary/aromatic N) is 1. The van der Waals surface area contributed by atoms with Gasteiger partial charge in [0.1, 0.15) is 0 Å². The normalized spacial score (nSPS) is 11.2. The third kappa shape index (κ3) is 4.44. The van der Waals surface area contributed by atoms with Gasteiger partial charge in [0.15, 0.2) is 0 Å². The van der Waals surface area contributed by atoms with Gasteiger partial charge in [0, 0.05) is 30.3 Å². The van der Waals surface area contributed by atoms with Crippen molar-refractivity contribution in [3.05, 3.63) is 69.3 Å². The lowest BCUT2D eigenvalue weighted by Crippen LogP contribution is -2.24. The number of hydrogen-bond acceptors (Lipinski definition) is 5. The molecule has 138 valence electrons. The van der Waals surface area contributed by atoms with Crippen molar-refractivity contribution in [2.45, 2.75) is 25.3 Å². The van der Waals surface area contributed by atoms with Crippen molar-refractivity contribution in [3.8, 4) is 0 Å². The molecule has 2 N–H and O–H groups in total. The van der Waals surface area contributed by atoms with E-state index in [9.17, 15) is 23.3 Å². The number of nitro benzene ring substituents is 1. The van der Waals surface area contributed by atoms with Crippen LogP contribution in [0.4, 0.5) is 5.69 Å². The first-order chi connectivity index (χ1) is 12.3. The van der Waals surface area contributed by atoms with Crippen LogP contribution in [0.15, 0.2) is 47.4 Å². The SMILES string of the molecule is CCNC(=O)c1ccc(CNS(=O)(=O)c2cccc([N+](=O)[O-])c2C)cc1. The van der Waals surface area contributed by atoms with Gasteiger partial charge in [-0.15, -0.1) is 0 Å². The second-order valence-corrected chi connectivity index (χ2v) is 7.27. The van der Waals surface area contributed by atoms with Crippen LogP contribution in [0.5, 0.6) is 0 Å². The summed E-state index contributed by atoms with van der Waals surface area (Å²) in [6, 6.07) is 10.4. The fraction of sp³-hybridized carbons (Fsp3) is 0.235. The lowest BCUT2D eigenvalue weighted by Gasteiger charge is -2.10. The first kappa shape index (κ1) is 19.5. The van der Waals surface area contributed by atoms with Crippen molar-refractivity contribution in [2.24, 2.45) is 0 Å². The highest BCUT2D eigenvalue weighted by Gasteiger charge is 2.22. The van der Waals surface area contributed by atoms with E-state index in [1.165, 1.54) is 25.1 Å². The fourth-order valence-electron chi connectivity index (χ4n) is 2.38. The molecule has 0 saturated heterocycles. The second-order valence-electron chi connectivity index (χ2n) is 5.54. The Kier molecular flexibility index (Phi) is 6.06. The monoisotopic (exact) mass is 377 g/mol. The zero-order chi connectivity index (χ0) is 19.3. The van der Waals surface area contributed by atoms with Gasteiger partial charge in [-0.2, -0.15) is 0 Å². The van der Waals surface area contributed by atoms with E-state index >= 15 is 0 Å². The number of nitrogens with one attached hydrogen (secondary N) is 2. The van der Waals surface area contributed by atoms with Gasteiger partial charge in [0.25, 0.3) is 11.6 Å². The van der Waals surface area contributed by atoms with E-state index in [0.29, 0.717) is 17.7 Å². The molecule has 0 unspecified atom stereocenters. The van der Waals surface area contributed by atoms with Crippen LogP contribution < -0.4 is 10.0 Å². The Morgan fingerprint density at radius 1 is 1.15 bits per heavy atom. The molecule has 2 rings (SSSR count). The lowest BCUT2D eigenvalue weighted by atomic mass is 10.1. The Balaban J connectivity index is 2.15. The topological polar surface area (TPSA) is 118 Å². The molecule has 0 atom stereocenters. The van der Waals surface area contributed by atoms with E-state index in [-0.39, 0.29) is 28.6 Å². The van der Waals surface area contributed by atoms with Crippen LogP contribution in [0.25, 0.3) is 0 Å². The van der Waals surface area contributed by atoms with Crippen molar-refractivity contribution in [1.82, 2.24) is 10.0 Å². The third-order valence-electron chi connectivity index (χ3n) is 3.76. The molecule has 9 heteroatoms. The van der Waals surface area contributed by atoms with Crippen LogP contribution in [-0.2, 0) is 16.6 Å². The summed E-state index contributed by atoms with van der Waals surface area (Å²) in [5.74, 6) is -0.202. The summed E-state index contributed by atoms with van der Waals surface area (Å²) in [5, 5.41) is 13.6. The quantitative estimate of drug-likeness (QED) is 0.566. The average molecular weight is 377 g/mol. The molecular weight excluding hydrogens is 358 g/mol. The Hall–Kier alpha value is -2.78. The third-order valence-corrected chi connectivity index (χ3v) is 5.31. The zero-order valence-electron chi connectivity index (χ0n) is 14.4. The van der Waals surface area contributed by atoms with Crippen LogP contribution in [0.1, 0.15) is 28.4 Å². The molecule has 8 nitrogen and oxygen atoms in total. The lowest BCUT2D eigenvalue weighted by molar-refractivity contribution is -0.385. The minimum absolute atomic E-state index is 0.000141. The predicted octanol–water partition coefficient (Wildman–Crippen LogP) is 2.13. The largest absolute Gasteiger partial charge is 0.352 e.